The first-order valence-electron chi connectivity index (χ1n) is 9.97. The Hall–Kier alpha value is -4.13. The summed E-state index contributed by atoms with van der Waals surface area (Å²) in [6.07, 6.45) is 0. The van der Waals surface area contributed by atoms with Crippen LogP contribution < -0.4 is 15.0 Å². The lowest BCUT2D eigenvalue weighted by atomic mass is 10.2. The lowest BCUT2D eigenvalue weighted by Gasteiger charge is -2.28. The molecule has 0 aliphatic carbocycles. The number of carbonyl (C=O) groups is 2. The molecule has 0 saturated carbocycles. The summed E-state index contributed by atoms with van der Waals surface area (Å²) in [5.41, 5.74) is 4.00. The minimum atomic E-state index is -0.288. The van der Waals surface area contributed by atoms with Crippen molar-refractivity contribution in [3.05, 3.63) is 78.6 Å². The molecule has 1 N–H and O–H groups in total. The van der Waals surface area contributed by atoms with Crippen LogP contribution in [0.4, 0.5) is 11.4 Å². The predicted molar refractivity (Wildman–Crippen MR) is 119 cm³/mol. The second-order valence-electron chi connectivity index (χ2n) is 7.32. The number of fused-ring (bicyclic) bond motifs is 2. The average Bonchev–Trinajstić information content (AvgIpc) is 3.11. The number of para-hydroxylation sites is 3. The molecule has 2 amide bonds. The maximum absolute atomic E-state index is 12.7. The molecule has 0 bridgehead atoms. The summed E-state index contributed by atoms with van der Waals surface area (Å²) in [5, 5.41) is 2.88. The number of aryl methyl sites for hydroxylation is 1. The van der Waals surface area contributed by atoms with Crippen molar-refractivity contribution in [2.45, 2.75) is 6.92 Å². The molecule has 0 radical (unpaired) electrons. The Labute approximate surface area is 178 Å². The van der Waals surface area contributed by atoms with Crippen LogP contribution in [-0.2, 0) is 9.59 Å². The molecule has 0 spiro atoms. The Morgan fingerprint density at radius 3 is 2.68 bits per heavy atom. The summed E-state index contributed by atoms with van der Waals surface area (Å²) in [6, 6.07) is 22.8. The topological polar surface area (TPSA) is 76.5 Å². The van der Waals surface area contributed by atoms with E-state index >= 15 is 0 Å². The van der Waals surface area contributed by atoms with Crippen molar-refractivity contribution in [3.8, 4) is 11.4 Å². The van der Waals surface area contributed by atoms with E-state index in [4.69, 9.17) is 4.74 Å². The van der Waals surface area contributed by atoms with Crippen molar-refractivity contribution in [1.82, 2.24) is 9.55 Å². The number of hydrogen-bond donors (Lipinski definition) is 1. The second-order valence-corrected chi connectivity index (χ2v) is 7.32. The molecule has 1 aliphatic heterocycles. The van der Waals surface area contributed by atoms with E-state index < -0.39 is 0 Å². The van der Waals surface area contributed by atoms with Gasteiger partial charge in [0.05, 0.1) is 16.7 Å². The third-order valence-corrected chi connectivity index (χ3v) is 5.23. The molecule has 0 atom stereocenters. The summed E-state index contributed by atoms with van der Waals surface area (Å²) < 4.78 is 7.50. The zero-order valence-electron chi connectivity index (χ0n) is 16.9. The number of benzene rings is 3. The number of aromatic nitrogens is 2. The fourth-order valence-corrected chi connectivity index (χ4v) is 3.85. The van der Waals surface area contributed by atoms with E-state index in [0.29, 0.717) is 17.1 Å². The number of amides is 2. The van der Waals surface area contributed by atoms with Gasteiger partial charge in [0.25, 0.3) is 5.91 Å². The molecule has 0 saturated heterocycles. The monoisotopic (exact) mass is 412 g/mol. The standard InChI is InChI=1S/C24H20N4O3/c1-16-25-19-13-17(11-12-20(19)28(16)18-7-3-2-4-8-18)26-23(29)14-27-21-9-5-6-10-22(21)31-15-24(27)30/h2-13H,14-15H2,1H3,(H,26,29). The van der Waals surface area contributed by atoms with E-state index in [1.54, 1.807) is 12.1 Å². The number of ether oxygens (including phenoxy) is 1. The number of rotatable bonds is 4. The van der Waals surface area contributed by atoms with E-state index in [1.165, 1.54) is 4.90 Å². The molecule has 4 aromatic rings. The lowest BCUT2D eigenvalue weighted by Crippen LogP contribution is -2.43. The van der Waals surface area contributed by atoms with Crippen LogP contribution in [0.25, 0.3) is 16.7 Å². The number of hydrogen-bond acceptors (Lipinski definition) is 4. The molecule has 7 heteroatoms. The SMILES string of the molecule is Cc1nc2cc(NC(=O)CN3C(=O)COc4ccccc43)ccc2n1-c1ccccc1. The molecular formula is C24H20N4O3. The van der Waals surface area contributed by atoms with Crippen LogP contribution in [0, 0.1) is 6.92 Å². The Morgan fingerprint density at radius 2 is 1.84 bits per heavy atom. The molecule has 2 heterocycles. The largest absolute Gasteiger partial charge is 0.482 e. The molecule has 0 unspecified atom stereocenters. The van der Waals surface area contributed by atoms with Crippen molar-refractivity contribution >= 4 is 34.2 Å². The zero-order valence-corrected chi connectivity index (χ0v) is 16.9. The fourth-order valence-electron chi connectivity index (χ4n) is 3.85. The lowest BCUT2D eigenvalue weighted by molar-refractivity contribution is -0.123. The summed E-state index contributed by atoms with van der Waals surface area (Å²) in [7, 11) is 0. The van der Waals surface area contributed by atoms with Crippen LogP contribution in [0.2, 0.25) is 0 Å². The first-order chi connectivity index (χ1) is 15.1. The number of nitrogens with one attached hydrogen (secondary N) is 1. The van der Waals surface area contributed by atoms with Gasteiger partial charge >= 0.3 is 0 Å². The molecule has 5 rings (SSSR count). The Balaban J connectivity index is 1.38. The maximum atomic E-state index is 12.7. The van der Waals surface area contributed by atoms with Crippen molar-refractivity contribution in [2.75, 3.05) is 23.4 Å². The molecule has 1 aliphatic rings. The highest BCUT2D eigenvalue weighted by Crippen LogP contribution is 2.31. The van der Waals surface area contributed by atoms with E-state index in [-0.39, 0.29) is 25.0 Å². The fraction of sp³-hybridized carbons (Fsp3) is 0.125. The van der Waals surface area contributed by atoms with Gasteiger partial charge in [0, 0.05) is 11.4 Å². The van der Waals surface area contributed by atoms with Crippen molar-refractivity contribution < 1.29 is 14.3 Å². The summed E-state index contributed by atoms with van der Waals surface area (Å²) in [6.45, 7) is 1.79. The van der Waals surface area contributed by atoms with E-state index in [2.05, 4.69) is 14.9 Å². The summed E-state index contributed by atoms with van der Waals surface area (Å²) >= 11 is 0. The molecule has 0 fully saturated rings. The Morgan fingerprint density at radius 1 is 1.06 bits per heavy atom. The van der Waals surface area contributed by atoms with Crippen LogP contribution in [0.3, 0.4) is 0 Å². The van der Waals surface area contributed by atoms with Gasteiger partial charge in [-0.25, -0.2) is 4.98 Å². The molecule has 3 aromatic carbocycles. The summed E-state index contributed by atoms with van der Waals surface area (Å²) in [5.74, 6) is 0.920. The van der Waals surface area contributed by atoms with Gasteiger partial charge in [-0.3, -0.25) is 19.1 Å². The number of imidazole rings is 1. The van der Waals surface area contributed by atoms with Gasteiger partial charge in [0.15, 0.2) is 6.61 Å². The van der Waals surface area contributed by atoms with Crippen LogP contribution in [0.5, 0.6) is 5.75 Å². The van der Waals surface area contributed by atoms with Gasteiger partial charge in [-0.05, 0) is 49.4 Å². The quantitative estimate of drug-likeness (QED) is 0.555. The first-order valence-corrected chi connectivity index (χ1v) is 9.97. The third kappa shape index (κ3) is 3.50. The predicted octanol–water partition coefficient (Wildman–Crippen LogP) is 3.70. The average molecular weight is 412 g/mol. The minimum absolute atomic E-state index is 0.0769. The Kier molecular flexibility index (Phi) is 4.63. The van der Waals surface area contributed by atoms with Gasteiger partial charge in [0.2, 0.25) is 5.91 Å². The van der Waals surface area contributed by atoms with Crippen LogP contribution in [0.15, 0.2) is 72.8 Å². The molecule has 7 nitrogen and oxygen atoms in total. The summed E-state index contributed by atoms with van der Waals surface area (Å²) in [4.78, 5) is 31.1. The molecule has 31 heavy (non-hydrogen) atoms. The van der Waals surface area contributed by atoms with Crippen LogP contribution in [-0.4, -0.2) is 34.5 Å². The molecular weight excluding hydrogens is 392 g/mol. The minimum Gasteiger partial charge on any atom is -0.482 e. The number of anilines is 2. The van der Waals surface area contributed by atoms with Gasteiger partial charge in [-0.15, -0.1) is 0 Å². The first kappa shape index (κ1) is 18.9. The van der Waals surface area contributed by atoms with Gasteiger partial charge in [-0.2, -0.15) is 0 Å². The van der Waals surface area contributed by atoms with Crippen LogP contribution >= 0.6 is 0 Å². The van der Waals surface area contributed by atoms with Crippen molar-refractivity contribution in [1.29, 1.82) is 0 Å². The van der Waals surface area contributed by atoms with E-state index in [0.717, 1.165) is 22.5 Å². The number of carbonyl (C=O) groups excluding carboxylic acids is 2. The van der Waals surface area contributed by atoms with Gasteiger partial charge < -0.3 is 10.1 Å². The number of nitrogens with zero attached hydrogens (tertiary/aromatic N) is 3. The van der Waals surface area contributed by atoms with E-state index in [9.17, 15) is 9.59 Å². The van der Waals surface area contributed by atoms with Gasteiger partial charge in [-0.1, -0.05) is 30.3 Å². The van der Waals surface area contributed by atoms with Crippen LogP contribution in [0.1, 0.15) is 5.82 Å². The van der Waals surface area contributed by atoms with Crippen molar-refractivity contribution in [2.24, 2.45) is 0 Å². The Bertz CT molecular complexity index is 1300. The maximum Gasteiger partial charge on any atom is 0.265 e. The molecule has 1 aromatic heterocycles. The van der Waals surface area contributed by atoms with E-state index in [1.807, 2.05) is 67.6 Å². The zero-order chi connectivity index (χ0) is 21.4. The highest BCUT2D eigenvalue weighted by atomic mass is 16.5. The second kappa shape index (κ2) is 7.60. The smallest absolute Gasteiger partial charge is 0.265 e. The van der Waals surface area contributed by atoms with Crippen molar-refractivity contribution in [3.63, 3.8) is 0 Å². The highest BCUT2D eigenvalue weighted by molar-refractivity contribution is 6.05. The highest BCUT2D eigenvalue weighted by Gasteiger charge is 2.27. The molecule has 154 valence electrons. The third-order valence-electron chi connectivity index (χ3n) is 5.23. The normalized spacial score (nSPS) is 13.1. The van der Waals surface area contributed by atoms with Gasteiger partial charge in [0.1, 0.15) is 18.1 Å².